The number of hydrogen-bond acceptors (Lipinski definition) is 4. The Hall–Kier alpha value is -3.37. The molecule has 30 heavy (non-hydrogen) atoms. The standard InChI is InChI=1S/C19H12F7N3O/c1-29(15-8-12(19(24,25)26)5-6-14(15)20)16-9-17(28-10-27-16)30-13-4-2-3-11(7-13)18(21,22)23/h2-10H,1H3. The van der Waals surface area contributed by atoms with E-state index in [0.29, 0.717) is 18.2 Å². The van der Waals surface area contributed by atoms with Crippen molar-refractivity contribution in [3.8, 4) is 11.6 Å². The Morgan fingerprint density at radius 3 is 2.17 bits per heavy atom. The second-order valence-electron chi connectivity index (χ2n) is 6.07. The summed E-state index contributed by atoms with van der Waals surface area (Å²) in [6.07, 6.45) is -8.26. The second kappa shape index (κ2) is 7.81. The van der Waals surface area contributed by atoms with E-state index in [0.717, 1.165) is 35.5 Å². The van der Waals surface area contributed by atoms with E-state index in [4.69, 9.17) is 4.74 Å². The zero-order valence-corrected chi connectivity index (χ0v) is 15.1. The van der Waals surface area contributed by atoms with E-state index in [1.165, 1.54) is 13.1 Å². The fraction of sp³-hybridized carbons (Fsp3) is 0.158. The first-order valence-corrected chi connectivity index (χ1v) is 8.23. The normalized spacial score (nSPS) is 12.0. The first kappa shape index (κ1) is 21.3. The van der Waals surface area contributed by atoms with Gasteiger partial charge in [0.2, 0.25) is 5.88 Å². The maximum atomic E-state index is 14.1. The van der Waals surface area contributed by atoms with Crippen LogP contribution in [0.15, 0.2) is 54.9 Å². The van der Waals surface area contributed by atoms with E-state index in [-0.39, 0.29) is 17.4 Å². The summed E-state index contributed by atoms with van der Waals surface area (Å²) < 4.78 is 96.6. The van der Waals surface area contributed by atoms with E-state index in [1.807, 2.05) is 0 Å². The van der Waals surface area contributed by atoms with Gasteiger partial charge in [0.05, 0.1) is 16.8 Å². The van der Waals surface area contributed by atoms with Gasteiger partial charge in [0.1, 0.15) is 23.7 Å². The van der Waals surface area contributed by atoms with Crippen LogP contribution in [0, 0.1) is 5.82 Å². The van der Waals surface area contributed by atoms with E-state index in [9.17, 15) is 30.7 Å². The van der Waals surface area contributed by atoms with E-state index >= 15 is 0 Å². The largest absolute Gasteiger partial charge is 0.439 e. The first-order chi connectivity index (χ1) is 13.9. The van der Waals surface area contributed by atoms with Gasteiger partial charge in [-0.2, -0.15) is 26.3 Å². The monoisotopic (exact) mass is 431 g/mol. The minimum atomic E-state index is -4.67. The quantitative estimate of drug-likeness (QED) is 0.460. The molecule has 3 aromatic rings. The van der Waals surface area contributed by atoms with Gasteiger partial charge in [-0.15, -0.1) is 0 Å². The average Bonchev–Trinajstić information content (AvgIpc) is 2.67. The third-order valence-corrected chi connectivity index (χ3v) is 3.99. The highest BCUT2D eigenvalue weighted by molar-refractivity contribution is 5.61. The summed E-state index contributed by atoms with van der Waals surface area (Å²) in [6, 6.07) is 7.09. The lowest BCUT2D eigenvalue weighted by molar-refractivity contribution is -0.138. The second-order valence-corrected chi connectivity index (χ2v) is 6.07. The fourth-order valence-electron chi connectivity index (χ4n) is 2.50. The molecule has 11 heteroatoms. The van der Waals surface area contributed by atoms with Crippen molar-refractivity contribution >= 4 is 11.5 Å². The zero-order chi connectivity index (χ0) is 22.1. The molecule has 1 heterocycles. The summed E-state index contributed by atoms with van der Waals surface area (Å²) >= 11 is 0. The molecule has 0 atom stereocenters. The smallest absolute Gasteiger partial charge is 0.416 e. The Kier molecular flexibility index (Phi) is 5.55. The molecule has 4 nitrogen and oxygen atoms in total. The Labute approximate surface area is 165 Å². The lowest BCUT2D eigenvalue weighted by atomic mass is 10.1. The predicted molar refractivity (Wildman–Crippen MR) is 93.0 cm³/mol. The van der Waals surface area contributed by atoms with Gasteiger partial charge in [-0.1, -0.05) is 6.07 Å². The number of anilines is 2. The van der Waals surface area contributed by atoms with Crippen LogP contribution in [0.1, 0.15) is 11.1 Å². The average molecular weight is 431 g/mol. The number of benzene rings is 2. The van der Waals surface area contributed by atoms with Crippen LogP contribution >= 0.6 is 0 Å². The van der Waals surface area contributed by atoms with Crippen LogP contribution in [0.3, 0.4) is 0 Å². The minimum absolute atomic E-state index is 0.0369. The van der Waals surface area contributed by atoms with Crippen molar-refractivity contribution < 1.29 is 35.5 Å². The SMILES string of the molecule is CN(c1cc(Oc2cccc(C(F)(F)F)c2)ncn1)c1cc(C(F)(F)F)ccc1F. The molecule has 3 rings (SSSR count). The summed E-state index contributed by atoms with van der Waals surface area (Å²) in [5, 5.41) is 0. The van der Waals surface area contributed by atoms with Crippen LogP contribution in [0.25, 0.3) is 0 Å². The highest BCUT2D eigenvalue weighted by Crippen LogP contribution is 2.35. The van der Waals surface area contributed by atoms with Crippen LogP contribution < -0.4 is 9.64 Å². The number of halogens is 7. The van der Waals surface area contributed by atoms with Crippen LogP contribution in [0.4, 0.5) is 42.2 Å². The van der Waals surface area contributed by atoms with Crippen LogP contribution in [-0.2, 0) is 12.4 Å². The van der Waals surface area contributed by atoms with Crippen molar-refractivity contribution in [3.63, 3.8) is 0 Å². The molecular weight excluding hydrogens is 419 g/mol. The Bertz CT molecular complexity index is 1050. The van der Waals surface area contributed by atoms with Gasteiger partial charge in [0.15, 0.2) is 0 Å². The molecule has 1 aromatic heterocycles. The molecule has 0 saturated carbocycles. The maximum absolute atomic E-state index is 14.1. The highest BCUT2D eigenvalue weighted by Gasteiger charge is 2.32. The molecule has 0 amide bonds. The molecule has 0 unspecified atom stereocenters. The van der Waals surface area contributed by atoms with Crippen molar-refractivity contribution in [3.05, 3.63) is 71.8 Å². The molecule has 158 valence electrons. The summed E-state index contributed by atoms with van der Waals surface area (Å²) in [5.74, 6) is -1.31. The lowest BCUT2D eigenvalue weighted by Crippen LogP contribution is -2.15. The molecule has 0 spiro atoms. The molecule has 2 aromatic carbocycles. The van der Waals surface area contributed by atoms with Gasteiger partial charge in [-0.3, -0.25) is 0 Å². The Balaban J connectivity index is 1.89. The molecule has 0 radical (unpaired) electrons. The van der Waals surface area contributed by atoms with E-state index in [1.54, 1.807) is 0 Å². The van der Waals surface area contributed by atoms with Crippen molar-refractivity contribution in [2.24, 2.45) is 0 Å². The van der Waals surface area contributed by atoms with Gasteiger partial charge in [-0.25, -0.2) is 14.4 Å². The summed E-state index contributed by atoms with van der Waals surface area (Å²) in [7, 11) is 1.27. The maximum Gasteiger partial charge on any atom is 0.416 e. The summed E-state index contributed by atoms with van der Waals surface area (Å²) in [4.78, 5) is 8.65. The van der Waals surface area contributed by atoms with Gasteiger partial charge < -0.3 is 9.64 Å². The number of nitrogens with zero attached hydrogens (tertiary/aromatic N) is 3. The topological polar surface area (TPSA) is 38.2 Å². The molecule has 0 aliphatic heterocycles. The highest BCUT2D eigenvalue weighted by atomic mass is 19.4. The van der Waals surface area contributed by atoms with Gasteiger partial charge in [0, 0.05) is 13.1 Å². The number of alkyl halides is 6. The summed E-state index contributed by atoms with van der Waals surface area (Å²) in [5.41, 5.74) is -2.40. The van der Waals surface area contributed by atoms with Crippen molar-refractivity contribution in [1.29, 1.82) is 0 Å². The predicted octanol–water partition coefficient (Wildman–Crippen LogP) is 6.21. The van der Waals surface area contributed by atoms with Crippen molar-refractivity contribution in [2.75, 3.05) is 11.9 Å². The number of ether oxygens (including phenoxy) is 1. The Morgan fingerprint density at radius 2 is 1.50 bits per heavy atom. The van der Waals surface area contributed by atoms with E-state index < -0.39 is 35.0 Å². The Morgan fingerprint density at radius 1 is 0.833 bits per heavy atom. The number of aromatic nitrogens is 2. The summed E-state index contributed by atoms with van der Waals surface area (Å²) in [6.45, 7) is 0. The van der Waals surface area contributed by atoms with Crippen LogP contribution in [0.2, 0.25) is 0 Å². The third-order valence-electron chi connectivity index (χ3n) is 3.99. The van der Waals surface area contributed by atoms with Crippen molar-refractivity contribution in [2.45, 2.75) is 12.4 Å². The molecule has 0 N–H and O–H groups in total. The molecule has 0 aliphatic rings. The number of rotatable bonds is 4. The van der Waals surface area contributed by atoms with Gasteiger partial charge >= 0.3 is 12.4 Å². The van der Waals surface area contributed by atoms with Gasteiger partial charge in [0.25, 0.3) is 0 Å². The minimum Gasteiger partial charge on any atom is -0.439 e. The molecule has 0 bridgehead atoms. The first-order valence-electron chi connectivity index (χ1n) is 8.23. The van der Waals surface area contributed by atoms with E-state index in [2.05, 4.69) is 9.97 Å². The third kappa shape index (κ3) is 4.78. The van der Waals surface area contributed by atoms with Crippen LogP contribution in [-0.4, -0.2) is 17.0 Å². The number of hydrogen-bond donors (Lipinski definition) is 0. The molecular formula is C19H12F7N3O. The molecule has 0 fully saturated rings. The molecule has 0 aliphatic carbocycles. The molecule has 0 saturated heterocycles. The van der Waals surface area contributed by atoms with Crippen molar-refractivity contribution in [1.82, 2.24) is 9.97 Å². The van der Waals surface area contributed by atoms with Crippen LogP contribution in [0.5, 0.6) is 11.6 Å². The fourth-order valence-corrected chi connectivity index (χ4v) is 2.50. The van der Waals surface area contributed by atoms with Gasteiger partial charge in [-0.05, 0) is 36.4 Å². The zero-order valence-electron chi connectivity index (χ0n) is 15.1. The lowest BCUT2D eigenvalue weighted by Gasteiger charge is -2.20.